The lowest BCUT2D eigenvalue weighted by atomic mass is 9.97. The number of carbonyl (C=O) groups is 2. The van der Waals surface area contributed by atoms with E-state index in [0.29, 0.717) is 37.3 Å². The van der Waals surface area contributed by atoms with Gasteiger partial charge in [0.25, 0.3) is 0 Å². The summed E-state index contributed by atoms with van der Waals surface area (Å²) in [6.45, 7) is 0. The lowest BCUT2D eigenvalue weighted by molar-refractivity contribution is 0.0599. The molecule has 3 aromatic carbocycles. The second kappa shape index (κ2) is 9.62. The van der Waals surface area contributed by atoms with Crippen LogP contribution in [-0.2, 0) is 11.2 Å². The Hall–Kier alpha value is -3.52. The van der Waals surface area contributed by atoms with Crippen molar-refractivity contribution in [2.24, 2.45) is 0 Å². The van der Waals surface area contributed by atoms with Gasteiger partial charge in [-0.1, -0.05) is 52.7 Å². The zero-order valence-corrected chi connectivity index (χ0v) is 20.7. The van der Waals surface area contributed by atoms with Crippen LogP contribution in [-0.4, -0.2) is 33.9 Å². The van der Waals surface area contributed by atoms with E-state index in [0.717, 1.165) is 15.8 Å². The highest BCUT2D eigenvalue weighted by Gasteiger charge is 2.21. The van der Waals surface area contributed by atoms with Gasteiger partial charge in [0.1, 0.15) is 5.69 Å². The number of halogens is 2. The fourth-order valence-corrected chi connectivity index (χ4v) is 5.37. The molecule has 5 aromatic rings. The fraction of sp³-hybridized carbons (Fsp3) is 0.0769. The van der Waals surface area contributed by atoms with E-state index in [-0.39, 0.29) is 12.2 Å². The molecule has 0 saturated heterocycles. The van der Waals surface area contributed by atoms with Crippen molar-refractivity contribution in [3.05, 3.63) is 99.0 Å². The van der Waals surface area contributed by atoms with E-state index >= 15 is 0 Å². The van der Waals surface area contributed by atoms with Gasteiger partial charge < -0.3 is 4.74 Å². The third-order valence-electron chi connectivity index (χ3n) is 5.53. The lowest BCUT2D eigenvalue weighted by Crippen LogP contribution is -2.10. The summed E-state index contributed by atoms with van der Waals surface area (Å²) in [5, 5.41) is 10.3. The number of hydrogen-bond acceptors (Lipinski definition) is 6. The minimum atomic E-state index is -0.522. The van der Waals surface area contributed by atoms with Crippen molar-refractivity contribution in [1.82, 2.24) is 15.0 Å². The molecule has 6 nitrogen and oxygen atoms in total. The van der Waals surface area contributed by atoms with Crippen LogP contribution < -0.4 is 0 Å². The highest BCUT2D eigenvalue weighted by molar-refractivity contribution is 7.21. The van der Waals surface area contributed by atoms with Gasteiger partial charge in [-0.2, -0.15) is 0 Å². The van der Waals surface area contributed by atoms with Crippen LogP contribution in [0.4, 0.5) is 0 Å². The van der Waals surface area contributed by atoms with E-state index in [4.69, 9.17) is 27.9 Å². The lowest BCUT2D eigenvalue weighted by Gasteiger charge is -2.09. The summed E-state index contributed by atoms with van der Waals surface area (Å²) < 4.78 is 7.50. The number of rotatable bonds is 6. The molecular formula is C26H17Cl2N3O3S. The number of nitrogens with zero attached hydrogens (tertiary/aromatic N) is 3. The molecule has 9 heteroatoms. The Bertz CT molecular complexity index is 1570. The van der Waals surface area contributed by atoms with Crippen molar-refractivity contribution >= 4 is 56.4 Å². The molecule has 2 heterocycles. The van der Waals surface area contributed by atoms with Gasteiger partial charge in [0, 0.05) is 27.1 Å². The van der Waals surface area contributed by atoms with E-state index in [1.807, 2.05) is 36.4 Å². The van der Waals surface area contributed by atoms with Crippen LogP contribution >= 0.6 is 34.5 Å². The molecule has 0 spiro atoms. The van der Waals surface area contributed by atoms with Gasteiger partial charge in [0.2, 0.25) is 0 Å². The van der Waals surface area contributed by atoms with Crippen molar-refractivity contribution in [2.45, 2.75) is 6.42 Å². The number of ketones is 1. The minimum Gasteiger partial charge on any atom is -0.465 e. The summed E-state index contributed by atoms with van der Waals surface area (Å²) in [6, 6.07) is 20.0. The van der Waals surface area contributed by atoms with Gasteiger partial charge in [0.05, 0.1) is 34.5 Å². The van der Waals surface area contributed by atoms with Crippen molar-refractivity contribution in [3.8, 4) is 16.9 Å². The first-order chi connectivity index (χ1) is 16.9. The molecule has 0 bridgehead atoms. The zero-order chi connectivity index (χ0) is 24.5. The molecule has 35 heavy (non-hydrogen) atoms. The van der Waals surface area contributed by atoms with Gasteiger partial charge >= 0.3 is 5.97 Å². The summed E-state index contributed by atoms with van der Waals surface area (Å²) in [4.78, 5) is 26.1. The Morgan fingerprint density at radius 3 is 2.54 bits per heavy atom. The van der Waals surface area contributed by atoms with Crippen molar-refractivity contribution in [2.75, 3.05) is 7.11 Å². The largest absolute Gasteiger partial charge is 0.465 e. The first kappa shape index (κ1) is 23.2. The summed E-state index contributed by atoms with van der Waals surface area (Å²) in [5.41, 5.74) is 2.93. The molecule has 174 valence electrons. The molecule has 0 aliphatic heterocycles. The number of ether oxygens (including phenoxy) is 1. The number of Topliss-reactive ketones (excluding diaryl/α,β-unsaturated/α-hetero) is 1. The topological polar surface area (TPSA) is 74.1 Å². The third kappa shape index (κ3) is 4.58. The number of esters is 1. The van der Waals surface area contributed by atoms with Crippen molar-refractivity contribution in [3.63, 3.8) is 0 Å². The Morgan fingerprint density at radius 1 is 1.03 bits per heavy atom. The predicted molar refractivity (Wildman–Crippen MR) is 138 cm³/mol. The fourth-order valence-electron chi connectivity index (χ4n) is 3.77. The predicted octanol–water partition coefficient (Wildman–Crippen LogP) is 6.67. The van der Waals surface area contributed by atoms with E-state index in [1.165, 1.54) is 18.4 Å². The van der Waals surface area contributed by atoms with Crippen LogP contribution in [0.15, 0.2) is 72.9 Å². The summed E-state index contributed by atoms with van der Waals surface area (Å²) in [6.07, 6.45) is 1.75. The highest BCUT2D eigenvalue weighted by atomic mass is 35.5. The van der Waals surface area contributed by atoms with Crippen LogP contribution in [0.5, 0.6) is 0 Å². The molecule has 0 fully saturated rings. The molecule has 2 aromatic heterocycles. The Labute approximate surface area is 214 Å². The standard InChI is InChI=1S/C26H17Cl2N3O3S/c1-34-26(33)19-11-6-15(21-14-31(30-29-21)18-9-7-17(27)8-10-18)12-16(19)13-22(32)25-24(28)20-4-2-3-5-23(20)35-25/h2-12,14H,13H2,1H3. The van der Waals surface area contributed by atoms with Gasteiger partial charge in [-0.3, -0.25) is 4.79 Å². The van der Waals surface area contributed by atoms with Crippen LogP contribution in [0, 0.1) is 0 Å². The molecule has 0 aliphatic rings. The molecule has 0 unspecified atom stereocenters. The smallest absolute Gasteiger partial charge is 0.338 e. The number of aromatic nitrogens is 3. The summed E-state index contributed by atoms with van der Waals surface area (Å²) in [5.74, 6) is -0.699. The Balaban J connectivity index is 1.50. The van der Waals surface area contributed by atoms with E-state index < -0.39 is 5.97 Å². The maximum atomic E-state index is 13.3. The molecule has 0 atom stereocenters. The number of hydrogen-bond donors (Lipinski definition) is 0. The molecule has 0 N–H and O–H groups in total. The first-order valence-corrected chi connectivity index (χ1v) is 12.1. The van der Waals surface area contributed by atoms with Gasteiger partial charge in [0.15, 0.2) is 5.78 Å². The van der Waals surface area contributed by atoms with Crippen molar-refractivity contribution < 1.29 is 14.3 Å². The second-order valence-electron chi connectivity index (χ2n) is 7.73. The van der Waals surface area contributed by atoms with E-state index in [1.54, 1.807) is 41.2 Å². The minimum absolute atomic E-state index is 0.0177. The normalized spacial score (nSPS) is 11.1. The number of benzene rings is 3. The van der Waals surface area contributed by atoms with Gasteiger partial charge in [-0.25, -0.2) is 9.48 Å². The Morgan fingerprint density at radius 2 is 1.80 bits per heavy atom. The molecule has 5 rings (SSSR count). The highest BCUT2D eigenvalue weighted by Crippen LogP contribution is 2.36. The quantitative estimate of drug-likeness (QED) is 0.184. The molecule has 0 saturated carbocycles. The number of thiophene rings is 1. The maximum absolute atomic E-state index is 13.3. The van der Waals surface area contributed by atoms with Crippen molar-refractivity contribution in [1.29, 1.82) is 0 Å². The maximum Gasteiger partial charge on any atom is 0.338 e. The first-order valence-electron chi connectivity index (χ1n) is 10.5. The average molecular weight is 522 g/mol. The number of methoxy groups -OCH3 is 1. The van der Waals surface area contributed by atoms with Crippen LogP contribution in [0.2, 0.25) is 10.0 Å². The average Bonchev–Trinajstić information content (AvgIpc) is 3.50. The van der Waals surface area contributed by atoms with E-state index in [9.17, 15) is 9.59 Å². The number of fused-ring (bicyclic) bond motifs is 1. The third-order valence-corrected chi connectivity index (χ3v) is 7.50. The Kier molecular flexibility index (Phi) is 6.38. The van der Waals surface area contributed by atoms with Crippen LogP contribution in [0.3, 0.4) is 0 Å². The van der Waals surface area contributed by atoms with Gasteiger partial charge in [-0.05, 0) is 48.0 Å². The number of carbonyl (C=O) groups excluding carboxylic acids is 2. The van der Waals surface area contributed by atoms with Gasteiger partial charge in [-0.15, -0.1) is 16.4 Å². The molecule has 0 aliphatic carbocycles. The zero-order valence-electron chi connectivity index (χ0n) is 18.4. The van der Waals surface area contributed by atoms with Crippen LogP contribution in [0.25, 0.3) is 27.0 Å². The second-order valence-corrected chi connectivity index (χ2v) is 9.60. The SMILES string of the molecule is COC(=O)c1ccc(-c2cn(-c3ccc(Cl)cc3)nn2)cc1CC(=O)c1sc2ccccc2c1Cl. The molecule has 0 radical (unpaired) electrons. The van der Waals surface area contributed by atoms with E-state index in [2.05, 4.69) is 10.3 Å². The molecular weight excluding hydrogens is 505 g/mol. The monoisotopic (exact) mass is 521 g/mol. The summed E-state index contributed by atoms with van der Waals surface area (Å²) in [7, 11) is 1.31. The summed E-state index contributed by atoms with van der Waals surface area (Å²) >= 11 is 13.8. The molecule has 0 amide bonds. The van der Waals surface area contributed by atoms with Crippen LogP contribution in [0.1, 0.15) is 25.6 Å².